The van der Waals surface area contributed by atoms with Gasteiger partial charge in [-0.25, -0.2) is 4.79 Å². The molecular weight excluding hydrogens is 340 g/mol. The van der Waals surface area contributed by atoms with E-state index in [-0.39, 0.29) is 5.56 Å². The quantitative estimate of drug-likeness (QED) is 0.688. The number of fused-ring (bicyclic) bond motifs is 1. The maximum Gasteiger partial charge on any atom is 0.339 e. The van der Waals surface area contributed by atoms with Crippen molar-refractivity contribution in [1.82, 2.24) is 0 Å². The topological polar surface area (TPSA) is 98.5 Å². The smallest absolute Gasteiger partial charge is 0.339 e. The summed E-state index contributed by atoms with van der Waals surface area (Å²) in [6.07, 6.45) is 0. The molecule has 1 aromatic heterocycles. The third-order valence-electron chi connectivity index (χ3n) is 3.53. The molecule has 3 N–H and O–H groups in total. The Morgan fingerprint density at radius 1 is 1.00 bits per heavy atom. The summed E-state index contributed by atoms with van der Waals surface area (Å²) >= 11 is 1.17. The Bertz CT molecular complexity index is 959. The van der Waals surface area contributed by atoms with Crippen LogP contribution in [0.1, 0.15) is 20.7 Å². The summed E-state index contributed by atoms with van der Waals surface area (Å²) in [6, 6.07) is 14.2. The summed E-state index contributed by atoms with van der Waals surface area (Å²) in [5, 5.41) is 6.15. The van der Waals surface area contributed by atoms with E-state index >= 15 is 0 Å². The van der Waals surface area contributed by atoms with E-state index in [1.807, 2.05) is 30.3 Å². The number of benzene rings is 2. The first-order chi connectivity index (χ1) is 12.1. The molecule has 25 heavy (non-hydrogen) atoms. The molecule has 0 fully saturated rings. The van der Waals surface area contributed by atoms with E-state index in [1.165, 1.54) is 17.4 Å². The minimum Gasteiger partial charge on any atom is -0.452 e. The maximum absolute atomic E-state index is 12.3. The molecule has 0 saturated heterocycles. The molecule has 0 unspecified atom stereocenters. The Morgan fingerprint density at radius 2 is 1.76 bits per heavy atom. The summed E-state index contributed by atoms with van der Waals surface area (Å²) < 4.78 is 5.08. The van der Waals surface area contributed by atoms with Crippen LogP contribution in [0.25, 0.3) is 10.8 Å². The minimum absolute atomic E-state index is 0.221. The number of ether oxygens (including phenoxy) is 1. The first-order valence-electron chi connectivity index (χ1n) is 7.38. The van der Waals surface area contributed by atoms with Crippen LogP contribution >= 0.6 is 11.3 Å². The van der Waals surface area contributed by atoms with Gasteiger partial charge in [-0.05, 0) is 28.3 Å². The highest BCUT2D eigenvalue weighted by Crippen LogP contribution is 2.23. The van der Waals surface area contributed by atoms with Crippen LogP contribution in [0, 0.1) is 0 Å². The lowest BCUT2D eigenvalue weighted by Crippen LogP contribution is -2.22. The van der Waals surface area contributed by atoms with Crippen LogP contribution < -0.4 is 11.1 Å². The van der Waals surface area contributed by atoms with Crippen molar-refractivity contribution in [2.24, 2.45) is 5.73 Å². The van der Waals surface area contributed by atoms with Crippen molar-refractivity contribution in [2.45, 2.75) is 0 Å². The molecule has 0 aliphatic heterocycles. The van der Waals surface area contributed by atoms with E-state index in [9.17, 15) is 14.4 Å². The zero-order valence-corrected chi connectivity index (χ0v) is 13.8. The van der Waals surface area contributed by atoms with Crippen LogP contribution in [0.15, 0.2) is 53.9 Å². The van der Waals surface area contributed by atoms with Crippen molar-refractivity contribution in [3.05, 3.63) is 65.0 Å². The molecular formula is C18H14N2O4S. The molecule has 0 aliphatic carbocycles. The van der Waals surface area contributed by atoms with Crippen LogP contribution in [0.4, 0.5) is 5.00 Å². The summed E-state index contributed by atoms with van der Waals surface area (Å²) in [4.78, 5) is 35.4. The van der Waals surface area contributed by atoms with Crippen LogP contribution in [0.5, 0.6) is 0 Å². The fourth-order valence-corrected chi connectivity index (χ4v) is 3.18. The van der Waals surface area contributed by atoms with Crippen LogP contribution in [-0.2, 0) is 9.53 Å². The zero-order valence-electron chi connectivity index (χ0n) is 13.0. The lowest BCUT2D eigenvalue weighted by Gasteiger charge is -2.08. The van der Waals surface area contributed by atoms with E-state index in [2.05, 4.69) is 5.32 Å². The number of esters is 1. The molecule has 3 aromatic rings. The van der Waals surface area contributed by atoms with Crippen LogP contribution in [-0.4, -0.2) is 24.4 Å². The normalized spacial score (nSPS) is 10.4. The molecule has 126 valence electrons. The standard InChI is InChI=1S/C18H14N2O4S/c19-16(22)14-8-9-25-17(14)20-15(21)10-24-18(23)13-7-3-5-11-4-1-2-6-12(11)13/h1-9H,10H2,(H2,19,22)(H,20,21). The summed E-state index contributed by atoms with van der Waals surface area (Å²) in [5.41, 5.74) is 5.83. The van der Waals surface area contributed by atoms with Gasteiger partial charge in [0.25, 0.3) is 11.8 Å². The second-order valence-corrected chi connectivity index (χ2v) is 6.09. The molecule has 0 radical (unpaired) electrons. The van der Waals surface area contributed by atoms with Gasteiger partial charge in [0.2, 0.25) is 0 Å². The Kier molecular flexibility index (Phi) is 4.76. The molecule has 3 rings (SSSR count). The number of anilines is 1. The maximum atomic E-state index is 12.3. The van der Waals surface area contributed by atoms with Crippen molar-refractivity contribution in [3.63, 3.8) is 0 Å². The van der Waals surface area contributed by atoms with Gasteiger partial charge in [-0.3, -0.25) is 9.59 Å². The van der Waals surface area contributed by atoms with Crippen molar-refractivity contribution in [1.29, 1.82) is 0 Å². The van der Waals surface area contributed by atoms with Crippen molar-refractivity contribution < 1.29 is 19.1 Å². The average Bonchev–Trinajstić information content (AvgIpc) is 3.07. The largest absolute Gasteiger partial charge is 0.452 e. The average molecular weight is 354 g/mol. The van der Waals surface area contributed by atoms with Gasteiger partial charge < -0.3 is 15.8 Å². The number of carbonyl (C=O) groups is 3. The number of thiophene rings is 1. The van der Waals surface area contributed by atoms with Gasteiger partial charge >= 0.3 is 5.97 Å². The number of rotatable bonds is 5. The van der Waals surface area contributed by atoms with Crippen molar-refractivity contribution >= 4 is 44.9 Å². The monoisotopic (exact) mass is 354 g/mol. The fourth-order valence-electron chi connectivity index (χ4n) is 2.38. The Balaban J connectivity index is 1.66. The SMILES string of the molecule is NC(=O)c1ccsc1NC(=O)COC(=O)c1cccc2ccccc12. The molecule has 1 heterocycles. The minimum atomic E-state index is -0.635. The molecule has 6 nitrogen and oxygen atoms in total. The predicted molar refractivity (Wildman–Crippen MR) is 95.7 cm³/mol. The number of primary amides is 1. The highest BCUT2D eigenvalue weighted by Gasteiger charge is 2.16. The Labute approximate surface area is 147 Å². The van der Waals surface area contributed by atoms with Gasteiger partial charge in [-0.15, -0.1) is 11.3 Å². The van der Waals surface area contributed by atoms with Crippen LogP contribution in [0.3, 0.4) is 0 Å². The Hall–Kier alpha value is -3.19. The second kappa shape index (κ2) is 7.14. The number of hydrogen-bond donors (Lipinski definition) is 2. The summed E-state index contributed by atoms with van der Waals surface area (Å²) in [6.45, 7) is -0.460. The van der Waals surface area contributed by atoms with Gasteiger partial charge in [-0.2, -0.15) is 0 Å². The molecule has 0 atom stereocenters. The number of nitrogens with one attached hydrogen (secondary N) is 1. The second-order valence-electron chi connectivity index (χ2n) is 5.18. The van der Waals surface area contributed by atoms with Crippen molar-refractivity contribution in [3.8, 4) is 0 Å². The van der Waals surface area contributed by atoms with Gasteiger partial charge in [-0.1, -0.05) is 36.4 Å². The molecule has 2 amide bonds. The molecule has 7 heteroatoms. The first kappa shape index (κ1) is 16.7. The van der Waals surface area contributed by atoms with Gasteiger partial charge in [0.1, 0.15) is 5.00 Å². The van der Waals surface area contributed by atoms with Crippen LogP contribution in [0.2, 0.25) is 0 Å². The lowest BCUT2D eigenvalue weighted by atomic mass is 10.1. The van der Waals surface area contributed by atoms with E-state index in [0.717, 1.165) is 10.8 Å². The molecule has 0 bridgehead atoms. The van der Waals surface area contributed by atoms with E-state index in [1.54, 1.807) is 17.5 Å². The number of amides is 2. The third-order valence-corrected chi connectivity index (χ3v) is 4.36. The lowest BCUT2D eigenvalue weighted by molar-refractivity contribution is -0.119. The summed E-state index contributed by atoms with van der Waals surface area (Å²) in [7, 11) is 0. The van der Waals surface area contributed by atoms with Crippen molar-refractivity contribution in [2.75, 3.05) is 11.9 Å². The molecule has 0 spiro atoms. The summed E-state index contributed by atoms with van der Waals surface area (Å²) in [5.74, 6) is -1.77. The van der Waals surface area contributed by atoms with E-state index < -0.39 is 24.4 Å². The number of carbonyl (C=O) groups excluding carboxylic acids is 3. The van der Waals surface area contributed by atoms with Gasteiger partial charge in [0.05, 0.1) is 11.1 Å². The highest BCUT2D eigenvalue weighted by atomic mass is 32.1. The van der Waals surface area contributed by atoms with Gasteiger partial charge in [0, 0.05) is 0 Å². The Morgan fingerprint density at radius 3 is 2.56 bits per heavy atom. The fraction of sp³-hybridized carbons (Fsp3) is 0.0556. The first-order valence-corrected chi connectivity index (χ1v) is 8.26. The highest BCUT2D eigenvalue weighted by molar-refractivity contribution is 7.14. The zero-order chi connectivity index (χ0) is 17.8. The van der Waals surface area contributed by atoms with E-state index in [0.29, 0.717) is 10.6 Å². The van der Waals surface area contributed by atoms with E-state index in [4.69, 9.17) is 10.5 Å². The van der Waals surface area contributed by atoms with Gasteiger partial charge in [0.15, 0.2) is 6.61 Å². The number of hydrogen-bond acceptors (Lipinski definition) is 5. The molecule has 0 aliphatic rings. The number of nitrogens with two attached hydrogens (primary N) is 1. The third kappa shape index (κ3) is 3.67. The molecule has 2 aromatic carbocycles. The molecule has 0 saturated carbocycles. The predicted octanol–water partition coefficient (Wildman–Crippen LogP) is 2.80.